The van der Waals surface area contributed by atoms with E-state index in [1.165, 1.54) is 30.0 Å². The van der Waals surface area contributed by atoms with Gasteiger partial charge in [-0.3, -0.25) is 9.79 Å². The van der Waals surface area contributed by atoms with Crippen LogP contribution in [-0.2, 0) is 26.0 Å². The highest BCUT2D eigenvalue weighted by atomic mass is 35.5. The van der Waals surface area contributed by atoms with Crippen molar-refractivity contribution in [3.8, 4) is 0 Å². The van der Waals surface area contributed by atoms with Crippen molar-refractivity contribution >= 4 is 50.0 Å². The first-order chi connectivity index (χ1) is 14.3. The zero-order valence-electron chi connectivity index (χ0n) is 15.7. The van der Waals surface area contributed by atoms with E-state index in [2.05, 4.69) is 4.99 Å². The van der Waals surface area contributed by atoms with E-state index in [1.54, 1.807) is 4.90 Å². The molecule has 2 aromatic carbocycles. The lowest BCUT2D eigenvalue weighted by Crippen LogP contribution is -2.39. The Morgan fingerprint density at radius 2 is 2.00 bits per heavy atom. The van der Waals surface area contributed by atoms with Crippen molar-refractivity contribution in [2.45, 2.75) is 18.7 Å². The van der Waals surface area contributed by atoms with Gasteiger partial charge in [0.15, 0.2) is 15.0 Å². The molecule has 6 nitrogen and oxygen atoms in total. The van der Waals surface area contributed by atoms with Crippen molar-refractivity contribution < 1.29 is 22.3 Å². The van der Waals surface area contributed by atoms with Crippen molar-refractivity contribution in [3.05, 3.63) is 64.9 Å². The molecule has 2 aliphatic rings. The minimum Gasteiger partial charge on any atom is -0.460 e. The molecule has 0 bridgehead atoms. The third-order valence-corrected chi connectivity index (χ3v) is 7.78. The Morgan fingerprint density at radius 1 is 1.23 bits per heavy atom. The number of benzene rings is 2. The highest BCUT2D eigenvalue weighted by Gasteiger charge is 2.47. The second-order valence-corrected chi connectivity index (χ2v) is 10.5. The number of esters is 1. The number of hydrogen-bond acceptors (Lipinski definition) is 7. The van der Waals surface area contributed by atoms with Crippen LogP contribution < -0.4 is 4.90 Å². The molecule has 0 amide bonds. The van der Waals surface area contributed by atoms with Crippen LogP contribution in [0.1, 0.15) is 5.56 Å². The maximum absolute atomic E-state index is 13.6. The number of rotatable bonds is 5. The monoisotopic (exact) mass is 468 g/mol. The Hall–Kier alpha value is -2.10. The Morgan fingerprint density at radius 3 is 2.73 bits per heavy atom. The fourth-order valence-electron chi connectivity index (χ4n) is 3.47. The Balaban J connectivity index is 1.47. The van der Waals surface area contributed by atoms with E-state index in [9.17, 15) is 17.6 Å². The van der Waals surface area contributed by atoms with Gasteiger partial charge in [-0.15, -0.1) is 0 Å². The van der Waals surface area contributed by atoms with Crippen molar-refractivity contribution in [3.63, 3.8) is 0 Å². The van der Waals surface area contributed by atoms with Gasteiger partial charge in [-0.2, -0.15) is 0 Å². The number of nitrogens with zero attached hydrogens (tertiary/aromatic N) is 2. The number of carbonyl (C=O) groups is 1. The van der Waals surface area contributed by atoms with E-state index in [0.29, 0.717) is 10.9 Å². The quantitative estimate of drug-likeness (QED) is 0.627. The molecule has 0 aliphatic carbocycles. The van der Waals surface area contributed by atoms with Gasteiger partial charge >= 0.3 is 5.97 Å². The van der Waals surface area contributed by atoms with Crippen LogP contribution in [0.15, 0.2) is 53.5 Å². The van der Waals surface area contributed by atoms with Crippen LogP contribution in [0.2, 0.25) is 5.02 Å². The van der Waals surface area contributed by atoms with E-state index in [0.717, 1.165) is 5.56 Å². The number of sulfone groups is 1. The van der Waals surface area contributed by atoms with Gasteiger partial charge in [0.25, 0.3) is 0 Å². The molecular formula is C20H18ClFN2O4S2. The van der Waals surface area contributed by atoms with Gasteiger partial charge in [0, 0.05) is 5.69 Å². The standard InChI is InChI=1S/C20H18ClFN2O4S2/c21-15-8-14(6-7-16(15)22)24-18-12-30(26,27)11-17(18)23-20(24)29-10-19(25)28-9-13-4-2-1-3-5-13/h1-8,17-18H,9-12H2/t17-,18+/m1/s1. The van der Waals surface area contributed by atoms with Gasteiger partial charge in [-0.1, -0.05) is 53.7 Å². The van der Waals surface area contributed by atoms with Gasteiger partial charge in [0.2, 0.25) is 0 Å². The second-order valence-electron chi connectivity index (χ2n) is 7.03. The molecule has 0 saturated carbocycles. The number of ether oxygens (including phenoxy) is 1. The SMILES string of the molecule is O=C(CSC1=N[C@@H]2CS(=O)(=O)C[C@@H]2N1c1ccc(F)c(Cl)c1)OCc1ccccc1. The average Bonchev–Trinajstić information content (AvgIpc) is 3.18. The number of aliphatic imine (C=N–C) groups is 1. The van der Waals surface area contributed by atoms with Crippen LogP contribution in [-0.4, -0.2) is 48.9 Å². The van der Waals surface area contributed by atoms with Crippen LogP contribution in [0, 0.1) is 5.82 Å². The fraction of sp³-hybridized carbons (Fsp3) is 0.300. The van der Waals surface area contributed by atoms with Gasteiger partial charge in [0.05, 0.1) is 34.4 Å². The van der Waals surface area contributed by atoms with Gasteiger partial charge in [0.1, 0.15) is 12.4 Å². The van der Waals surface area contributed by atoms with E-state index >= 15 is 0 Å². The molecule has 0 radical (unpaired) electrons. The predicted molar refractivity (Wildman–Crippen MR) is 116 cm³/mol. The predicted octanol–water partition coefficient (Wildman–Crippen LogP) is 3.30. The Labute approximate surface area is 183 Å². The van der Waals surface area contributed by atoms with Crippen LogP contribution in [0.5, 0.6) is 0 Å². The van der Waals surface area contributed by atoms with Crippen LogP contribution in [0.4, 0.5) is 10.1 Å². The summed E-state index contributed by atoms with van der Waals surface area (Å²) in [7, 11) is -3.22. The summed E-state index contributed by atoms with van der Waals surface area (Å²) in [6, 6.07) is 12.7. The maximum Gasteiger partial charge on any atom is 0.316 e. The smallest absolute Gasteiger partial charge is 0.316 e. The lowest BCUT2D eigenvalue weighted by atomic mass is 10.1. The molecule has 1 saturated heterocycles. The molecule has 4 rings (SSSR count). The number of anilines is 1. The summed E-state index contributed by atoms with van der Waals surface area (Å²) in [6.07, 6.45) is 0. The van der Waals surface area contributed by atoms with Gasteiger partial charge in [-0.05, 0) is 23.8 Å². The number of carbonyl (C=O) groups excluding carboxylic acids is 1. The highest BCUT2D eigenvalue weighted by molar-refractivity contribution is 8.14. The minimum absolute atomic E-state index is 0.0171. The highest BCUT2D eigenvalue weighted by Crippen LogP contribution is 2.36. The van der Waals surface area contributed by atoms with Crippen molar-refractivity contribution in [2.75, 3.05) is 22.2 Å². The molecule has 2 aromatic rings. The zero-order chi connectivity index (χ0) is 21.3. The maximum atomic E-state index is 13.6. The fourth-order valence-corrected chi connectivity index (χ4v) is 6.41. The van der Waals surface area contributed by atoms with Crippen molar-refractivity contribution in [1.82, 2.24) is 0 Å². The third-order valence-electron chi connectivity index (χ3n) is 4.85. The molecule has 10 heteroatoms. The molecular weight excluding hydrogens is 451 g/mol. The van der Waals surface area contributed by atoms with E-state index in [4.69, 9.17) is 16.3 Å². The first kappa shape index (κ1) is 21.1. The Bertz CT molecular complexity index is 1100. The first-order valence-electron chi connectivity index (χ1n) is 9.17. The molecule has 0 N–H and O–H groups in total. The Kier molecular flexibility index (Phi) is 6.04. The summed E-state index contributed by atoms with van der Waals surface area (Å²) in [5, 5.41) is 0.433. The van der Waals surface area contributed by atoms with Crippen LogP contribution in [0.3, 0.4) is 0 Å². The second kappa shape index (κ2) is 8.56. The summed E-state index contributed by atoms with van der Waals surface area (Å²) >= 11 is 7.09. The number of fused-ring (bicyclic) bond motifs is 1. The third kappa shape index (κ3) is 4.63. The van der Waals surface area contributed by atoms with E-state index in [-0.39, 0.29) is 28.9 Å². The number of hydrogen-bond donors (Lipinski definition) is 0. The summed E-state index contributed by atoms with van der Waals surface area (Å²) in [5.41, 5.74) is 1.42. The molecule has 2 aliphatic heterocycles. The first-order valence-corrected chi connectivity index (χ1v) is 12.4. The molecule has 158 valence electrons. The number of thioether (sulfide) groups is 1. The molecule has 2 atom stereocenters. The average molecular weight is 469 g/mol. The van der Waals surface area contributed by atoms with Crippen molar-refractivity contribution in [2.24, 2.45) is 4.99 Å². The van der Waals surface area contributed by atoms with Gasteiger partial charge < -0.3 is 9.64 Å². The number of amidine groups is 1. The lowest BCUT2D eigenvalue weighted by molar-refractivity contribution is -0.141. The molecule has 1 fully saturated rings. The molecule has 0 spiro atoms. The molecule has 2 heterocycles. The normalized spacial score (nSPS) is 21.9. The van der Waals surface area contributed by atoms with Crippen LogP contribution in [0.25, 0.3) is 0 Å². The minimum atomic E-state index is -3.22. The summed E-state index contributed by atoms with van der Waals surface area (Å²) in [6.45, 7) is 0.174. The summed E-state index contributed by atoms with van der Waals surface area (Å²) in [5.74, 6) is -1.06. The lowest BCUT2D eigenvalue weighted by Gasteiger charge is -2.26. The molecule has 0 aromatic heterocycles. The van der Waals surface area contributed by atoms with Crippen molar-refractivity contribution in [1.29, 1.82) is 0 Å². The summed E-state index contributed by atoms with van der Waals surface area (Å²) < 4.78 is 43.0. The van der Waals surface area contributed by atoms with Gasteiger partial charge in [-0.25, -0.2) is 12.8 Å². The van der Waals surface area contributed by atoms with E-state index < -0.39 is 33.7 Å². The summed E-state index contributed by atoms with van der Waals surface area (Å²) in [4.78, 5) is 18.4. The molecule has 0 unspecified atom stereocenters. The number of halogens is 2. The molecule has 30 heavy (non-hydrogen) atoms. The zero-order valence-corrected chi connectivity index (χ0v) is 18.1. The topological polar surface area (TPSA) is 76.0 Å². The van der Waals surface area contributed by atoms with E-state index in [1.807, 2.05) is 30.3 Å². The van der Waals surface area contributed by atoms with Crippen LogP contribution >= 0.6 is 23.4 Å². The largest absolute Gasteiger partial charge is 0.460 e.